The number of benzene rings is 4. The largest absolute Gasteiger partial charge is 0.454 e. The predicted molar refractivity (Wildman–Crippen MR) is 140 cm³/mol. The van der Waals surface area contributed by atoms with E-state index in [9.17, 15) is 0 Å². The standard InChI is InChI=1S/C32H30O4/c1-3-7-23(8-4-1)11-13-25-17-29-31(35-21-33-29)19-27(25)15-16-28-20-32-30(34-22-36-32)18-26(28)14-12-24-9-5-2-6-10-24/h1-10,17-20H,11-16,21-22H2. The minimum atomic E-state index is 0.294. The summed E-state index contributed by atoms with van der Waals surface area (Å²) in [6, 6.07) is 30.0. The molecule has 0 fully saturated rings. The third-order valence-electron chi connectivity index (χ3n) is 7.10. The van der Waals surface area contributed by atoms with E-state index in [1.165, 1.54) is 33.4 Å². The van der Waals surface area contributed by atoms with Gasteiger partial charge >= 0.3 is 0 Å². The maximum atomic E-state index is 5.72. The minimum Gasteiger partial charge on any atom is -0.454 e. The molecule has 0 atom stereocenters. The highest BCUT2D eigenvalue weighted by Gasteiger charge is 2.20. The van der Waals surface area contributed by atoms with E-state index >= 15 is 0 Å². The van der Waals surface area contributed by atoms with Crippen LogP contribution >= 0.6 is 0 Å². The molecular formula is C32H30O4. The molecule has 0 radical (unpaired) electrons. The van der Waals surface area contributed by atoms with Gasteiger partial charge in [0.05, 0.1) is 0 Å². The second kappa shape index (κ2) is 10.4. The van der Waals surface area contributed by atoms with Gasteiger partial charge in [0.2, 0.25) is 13.6 Å². The van der Waals surface area contributed by atoms with Gasteiger partial charge in [0.15, 0.2) is 23.0 Å². The van der Waals surface area contributed by atoms with Crippen molar-refractivity contribution in [1.82, 2.24) is 0 Å². The van der Waals surface area contributed by atoms with Crippen molar-refractivity contribution < 1.29 is 18.9 Å². The third kappa shape index (κ3) is 5.03. The lowest BCUT2D eigenvalue weighted by Crippen LogP contribution is -2.03. The van der Waals surface area contributed by atoms with Crippen LogP contribution in [0.1, 0.15) is 33.4 Å². The Bertz CT molecular complexity index is 1230. The van der Waals surface area contributed by atoms with E-state index in [2.05, 4.69) is 84.9 Å². The predicted octanol–water partition coefficient (Wildman–Crippen LogP) is 6.50. The number of hydrogen-bond donors (Lipinski definition) is 0. The van der Waals surface area contributed by atoms with Crippen molar-refractivity contribution in [3.05, 3.63) is 118 Å². The van der Waals surface area contributed by atoms with Crippen molar-refractivity contribution in [3.63, 3.8) is 0 Å². The number of ether oxygens (including phenoxy) is 4. The first-order valence-electron chi connectivity index (χ1n) is 12.7. The zero-order chi connectivity index (χ0) is 24.2. The molecule has 0 N–H and O–H groups in total. The second-order valence-corrected chi connectivity index (χ2v) is 9.42. The Morgan fingerprint density at radius 3 is 1.03 bits per heavy atom. The van der Waals surface area contributed by atoms with Crippen molar-refractivity contribution >= 4 is 0 Å². The topological polar surface area (TPSA) is 36.9 Å². The van der Waals surface area contributed by atoms with Crippen LogP contribution in [0.25, 0.3) is 0 Å². The Hall–Kier alpha value is -3.92. The summed E-state index contributed by atoms with van der Waals surface area (Å²) < 4.78 is 22.8. The zero-order valence-corrected chi connectivity index (χ0v) is 20.4. The van der Waals surface area contributed by atoms with Crippen LogP contribution in [0.5, 0.6) is 23.0 Å². The molecule has 0 saturated carbocycles. The highest BCUT2D eigenvalue weighted by molar-refractivity contribution is 5.51. The van der Waals surface area contributed by atoms with Gasteiger partial charge in [-0.3, -0.25) is 0 Å². The van der Waals surface area contributed by atoms with E-state index in [1.54, 1.807) is 0 Å². The Labute approximate surface area is 212 Å². The molecule has 2 aliphatic rings. The summed E-state index contributed by atoms with van der Waals surface area (Å²) in [5.74, 6) is 3.41. The molecule has 4 aromatic rings. The lowest BCUT2D eigenvalue weighted by atomic mass is 9.92. The van der Waals surface area contributed by atoms with Crippen LogP contribution in [0.3, 0.4) is 0 Å². The second-order valence-electron chi connectivity index (χ2n) is 9.42. The highest BCUT2D eigenvalue weighted by atomic mass is 16.7. The third-order valence-corrected chi connectivity index (χ3v) is 7.10. The number of hydrogen-bond acceptors (Lipinski definition) is 4. The fourth-order valence-electron chi connectivity index (χ4n) is 5.10. The van der Waals surface area contributed by atoms with E-state index in [-0.39, 0.29) is 0 Å². The van der Waals surface area contributed by atoms with Crippen LogP contribution in [0.4, 0.5) is 0 Å². The molecule has 0 spiro atoms. The van der Waals surface area contributed by atoms with Gasteiger partial charge in [-0.15, -0.1) is 0 Å². The molecule has 4 nitrogen and oxygen atoms in total. The normalized spacial score (nSPS) is 13.2. The summed E-state index contributed by atoms with van der Waals surface area (Å²) in [4.78, 5) is 0. The van der Waals surface area contributed by atoms with Crippen molar-refractivity contribution in [2.75, 3.05) is 13.6 Å². The van der Waals surface area contributed by atoms with Gasteiger partial charge in [0.25, 0.3) is 0 Å². The van der Waals surface area contributed by atoms with Crippen LogP contribution in [-0.4, -0.2) is 13.6 Å². The lowest BCUT2D eigenvalue weighted by molar-refractivity contribution is 0.173. The van der Waals surface area contributed by atoms with Gasteiger partial charge in [-0.1, -0.05) is 60.7 Å². The summed E-state index contributed by atoms with van der Waals surface area (Å²) in [7, 11) is 0. The molecule has 0 amide bonds. The van der Waals surface area contributed by atoms with Gasteiger partial charge in [-0.05, 0) is 96.2 Å². The first-order chi connectivity index (χ1) is 17.8. The first-order valence-corrected chi connectivity index (χ1v) is 12.7. The summed E-state index contributed by atoms with van der Waals surface area (Å²) in [5, 5.41) is 0. The number of fused-ring (bicyclic) bond motifs is 2. The summed E-state index contributed by atoms with van der Waals surface area (Å²) >= 11 is 0. The van der Waals surface area contributed by atoms with Gasteiger partial charge in [-0.2, -0.15) is 0 Å². The van der Waals surface area contributed by atoms with E-state index in [0.717, 1.165) is 61.5 Å². The van der Waals surface area contributed by atoms with Gasteiger partial charge < -0.3 is 18.9 Å². The zero-order valence-electron chi connectivity index (χ0n) is 20.4. The molecule has 4 aromatic carbocycles. The van der Waals surface area contributed by atoms with Gasteiger partial charge in [0.1, 0.15) is 0 Å². The maximum absolute atomic E-state index is 5.72. The van der Waals surface area contributed by atoms with Crippen molar-refractivity contribution in [3.8, 4) is 23.0 Å². The Kier molecular flexibility index (Phi) is 6.49. The molecule has 0 saturated heterocycles. The van der Waals surface area contributed by atoms with Crippen LogP contribution < -0.4 is 18.9 Å². The van der Waals surface area contributed by atoms with Crippen LogP contribution in [0.15, 0.2) is 84.9 Å². The molecule has 36 heavy (non-hydrogen) atoms. The number of aryl methyl sites for hydroxylation is 6. The van der Waals surface area contributed by atoms with Crippen molar-refractivity contribution in [2.45, 2.75) is 38.5 Å². The van der Waals surface area contributed by atoms with Gasteiger partial charge in [-0.25, -0.2) is 0 Å². The molecule has 0 unspecified atom stereocenters. The maximum Gasteiger partial charge on any atom is 0.231 e. The quantitative estimate of drug-likeness (QED) is 0.275. The molecule has 182 valence electrons. The Morgan fingerprint density at radius 2 is 0.694 bits per heavy atom. The highest BCUT2D eigenvalue weighted by Crippen LogP contribution is 2.38. The molecule has 0 bridgehead atoms. The molecule has 2 aliphatic heterocycles. The monoisotopic (exact) mass is 478 g/mol. The molecule has 4 heteroatoms. The average Bonchev–Trinajstić information content (AvgIpc) is 3.58. The molecule has 6 rings (SSSR count). The average molecular weight is 479 g/mol. The van der Waals surface area contributed by atoms with Gasteiger partial charge in [0, 0.05) is 0 Å². The Balaban J connectivity index is 1.23. The smallest absolute Gasteiger partial charge is 0.231 e. The summed E-state index contributed by atoms with van der Waals surface area (Å²) in [6.07, 6.45) is 5.80. The van der Waals surface area contributed by atoms with Crippen molar-refractivity contribution in [2.24, 2.45) is 0 Å². The summed E-state index contributed by atoms with van der Waals surface area (Å²) in [6.45, 7) is 0.589. The van der Waals surface area contributed by atoms with Crippen molar-refractivity contribution in [1.29, 1.82) is 0 Å². The Morgan fingerprint density at radius 1 is 0.389 bits per heavy atom. The SMILES string of the molecule is c1ccc(CCc2cc3c(cc2CCc2cc4c(cc2CCc2ccccc2)OCO4)OCO3)cc1. The van der Waals surface area contributed by atoms with E-state index in [4.69, 9.17) is 18.9 Å². The molecule has 0 aromatic heterocycles. The molecule has 2 heterocycles. The summed E-state index contributed by atoms with van der Waals surface area (Å²) in [5.41, 5.74) is 7.99. The van der Waals surface area contributed by atoms with Crippen LogP contribution in [-0.2, 0) is 38.5 Å². The van der Waals surface area contributed by atoms with E-state index < -0.39 is 0 Å². The van der Waals surface area contributed by atoms with E-state index in [0.29, 0.717) is 13.6 Å². The van der Waals surface area contributed by atoms with Crippen LogP contribution in [0, 0.1) is 0 Å². The number of rotatable bonds is 9. The minimum absolute atomic E-state index is 0.294. The van der Waals surface area contributed by atoms with E-state index in [1.807, 2.05) is 0 Å². The first kappa shape index (κ1) is 22.5. The lowest BCUT2D eigenvalue weighted by Gasteiger charge is -2.15. The molecule has 0 aliphatic carbocycles. The van der Waals surface area contributed by atoms with Crippen LogP contribution in [0.2, 0.25) is 0 Å². The fourth-order valence-corrected chi connectivity index (χ4v) is 5.10. The molecular weight excluding hydrogens is 448 g/mol. The fraction of sp³-hybridized carbons (Fsp3) is 0.250.